The number of hydrogen-bond acceptors (Lipinski definition) is 5. The van der Waals surface area contributed by atoms with Gasteiger partial charge in [-0.25, -0.2) is 14.5 Å². The molecule has 0 spiro atoms. The summed E-state index contributed by atoms with van der Waals surface area (Å²) in [7, 11) is 0. The number of aryl methyl sites for hydroxylation is 1. The number of halogens is 2. The first kappa shape index (κ1) is 21.7. The minimum Gasteiger partial charge on any atom is -0.480 e. The van der Waals surface area contributed by atoms with Gasteiger partial charge in [-0.3, -0.25) is 14.9 Å². The van der Waals surface area contributed by atoms with E-state index in [1.807, 2.05) is 6.92 Å². The summed E-state index contributed by atoms with van der Waals surface area (Å²) in [6.07, 6.45) is 1.34. The Morgan fingerprint density at radius 2 is 1.73 bits per heavy atom. The number of anilines is 1. The highest BCUT2D eigenvalue weighted by Gasteiger charge is 2.36. The van der Waals surface area contributed by atoms with Crippen LogP contribution in [0.2, 0.25) is 0 Å². The van der Waals surface area contributed by atoms with Crippen LogP contribution in [0.1, 0.15) is 11.1 Å². The molecule has 154 valence electrons. The van der Waals surface area contributed by atoms with Crippen molar-refractivity contribution in [3.8, 4) is 5.75 Å². The Balaban J connectivity index is 1.96. The molecule has 30 heavy (non-hydrogen) atoms. The molecule has 2 aromatic carbocycles. The summed E-state index contributed by atoms with van der Waals surface area (Å²) >= 11 is 6.56. The Bertz CT molecular complexity index is 1070. The number of imide groups is 2. The van der Waals surface area contributed by atoms with E-state index < -0.39 is 30.4 Å². The summed E-state index contributed by atoms with van der Waals surface area (Å²) in [5.74, 6) is -2.45. The lowest BCUT2D eigenvalue weighted by Gasteiger charge is -2.26. The third-order valence-corrected chi connectivity index (χ3v) is 5.24. The highest BCUT2D eigenvalue weighted by Crippen LogP contribution is 2.35. The molecule has 10 heteroatoms. The van der Waals surface area contributed by atoms with Crippen molar-refractivity contribution in [2.75, 3.05) is 11.5 Å². The smallest absolute Gasteiger partial charge is 0.341 e. The van der Waals surface area contributed by atoms with Crippen molar-refractivity contribution in [1.29, 1.82) is 0 Å². The molecule has 0 radical (unpaired) electrons. The van der Waals surface area contributed by atoms with Crippen molar-refractivity contribution in [2.24, 2.45) is 0 Å². The summed E-state index contributed by atoms with van der Waals surface area (Å²) < 4.78 is 6.04. The SMILES string of the molecule is Cc1ccc(N2C(=O)NC(=O)/C(=C/c3cc(Br)c(OCC(=O)O)c(Br)c3)C2=O)cc1. The molecule has 1 fully saturated rings. The quantitative estimate of drug-likeness (QED) is 0.444. The standard InChI is InChI=1S/C20H14Br2N2O6/c1-10-2-4-12(5-3-10)24-19(28)13(18(27)23-20(24)29)6-11-7-14(21)17(15(22)8-11)30-9-16(25)26/h2-8H,9H2,1H3,(H,25,26)(H,23,27,29)/b13-6-. The van der Waals surface area contributed by atoms with Gasteiger partial charge in [0.1, 0.15) is 11.3 Å². The fourth-order valence-electron chi connectivity index (χ4n) is 2.69. The van der Waals surface area contributed by atoms with Crippen LogP contribution in [0.15, 0.2) is 50.9 Å². The molecule has 0 aromatic heterocycles. The molecule has 1 aliphatic heterocycles. The number of nitrogens with zero attached hydrogens (tertiary/aromatic N) is 1. The number of nitrogens with one attached hydrogen (secondary N) is 1. The van der Waals surface area contributed by atoms with Gasteiger partial charge in [0.15, 0.2) is 6.61 Å². The highest BCUT2D eigenvalue weighted by molar-refractivity contribution is 9.11. The van der Waals surface area contributed by atoms with Gasteiger partial charge in [0.2, 0.25) is 0 Å². The number of ether oxygens (including phenoxy) is 1. The zero-order valence-corrected chi connectivity index (χ0v) is 18.6. The van der Waals surface area contributed by atoms with Crippen molar-refractivity contribution in [2.45, 2.75) is 6.92 Å². The monoisotopic (exact) mass is 536 g/mol. The van der Waals surface area contributed by atoms with Gasteiger partial charge in [-0.15, -0.1) is 0 Å². The normalized spacial score (nSPS) is 15.4. The van der Waals surface area contributed by atoms with Crippen molar-refractivity contribution < 1.29 is 29.0 Å². The number of barbiturate groups is 1. The molecule has 1 saturated heterocycles. The number of aliphatic carboxylic acids is 1. The number of hydrogen-bond donors (Lipinski definition) is 2. The molecule has 2 aromatic rings. The van der Waals surface area contributed by atoms with Crippen molar-refractivity contribution in [3.63, 3.8) is 0 Å². The molecule has 2 N–H and O–H groups in total. The zero-order valence-electron chi connectivity index (χ0n) is 15.4. The van der Waals surface area contributed by atoms with Gasteiger partial charge in [-0.2, -0.15) is 0 Å². The number of carbonyl (C=O) groups excluding carboxylic acids is 3. The topological polar surface area (TPSA) is 113 Å². The van der Waals surface area contributed by atoms with E-state index in [1.165, 1.54) is 6.08 Å². The minimum atomic E-state index is -1.13. The van der Waals surface area contributed by atoms with E-state index in [9.17, 15) is 19.2 Å². The lowest BCUT2D eigenvalue weighted by molar-refractivity contribution is -0.139. The molecule has 1 heterocycles. The maximum atomic E-state index is 12.9. The van der Waals surface area contributed by atoms with E-state index >= 15 is 0 Å². The average Bonchev–Trinajstić information content (AvgIpc) is 2.65. The molecule has 1 aliphatic rings. The lowest BCUT2D eigenvalue weighted by Crippen LogP contribution is -2.54. The van der Waals surface area contributed by atoms with Crippen LogP contribution in [0.5, 0.6) is 5.75 Å². The van der Waals surface area contributed by atoms with Gasteiger partial charge >= 0.3 is 12.0 Å². The molecule has 3 rings (SSSR count). The molecular weight excluding hydrogens is 524 g/mol. The average molecular weight is 538 g/mol. The molecule has 0 atom stereocenters. The van der Waals surface area contributed by atoms with E-state index in [0.29, 0.717) is 20.2 Å². The second kappa shape index (κ2) is 8.80. The summed E-state index contributed by atoms with van der Waals surface area (Å²) in [6.45, 7) is 1.34. The van der Waals surface area contributed by atoms with Gasteiger partial charge in [-0.1, -0.05) is 17.7 Å². The van der Waals surface area contributed by atoms with Gasteiger partial charge in [0.25, 0.3) is 11.8 Å². The first-order valence-corrected chi connectivity index (χ1v) is 10.1. The van der Waals surface area contributed by atoms with E-state index in [0.717, 1.165) is 10.5 Å². The predicted octanol–water partition coefficient (Wildman–Crippen LogP) is 3.65. The first-order valence-electron chi connectivity index (χ1n) is 8.49. The molecule has 0 unspecified atom stereocenters. The van der Waals surface area contributed by atoms with Gasteiger partial charge in [0, 0.05) is 0 Å². The van der Waals surface area contributed by atoms with E-state index in [4.69, 9.17) is 9.84 Å². The van der Waals surface area contributed by atoms with Crippen LogP contribution >= 0.6 is 31.9 Å². The Kier molecular flexibility index (Phi) is 6.37. The van der Waals surface area contributed by atoms with Crippen molar-refractivity contribution in [3.05, 3.63) is 62.0 Å². The Morgan fingerprint density at radius 3 is 2.30 bits per heavy atom. The zero-order chi connectivity index (χ0) is 22.0. The lowest BCUT2D eigenvalue weighted by atomic mass is 10.1. The summed E-state index contributed by atoms with van der Waals surface area (Å²) in [5, 5.41) is 10.9. The summed E-state index contributed by atoms with van der Waals surface area (Å²) in [4.78, 5) is 49.1. The summed E-state index contributed by atoms with van der Waals surface area (Å²) in [6, 6.07) is 9.01. The maximum absolute atomic E-state index is 12.9. The van der Waals surface area contributed by atoms with Gasteiger partial charge in [0.05, 0.1) is 14.6 Å². The number of carboxylic acids is 1. The number of benzene rings is 2. The third-order valence-electron chi connectivity index (χ3n) is 4.07. The largest absolute Gasteiger partial charge is 0.480 e. The molecule has 0 aliphatic carbocycles. The number of carboxylic acid groups (broad SMARTS) is 1. The minimum absolute atomic E-state index is 0.229. The van der Waals surface area contributed by atoms with E-state index in [2.05, 4.69) is 37.2 Å². The summed E-state index contributed by atoms with van der Waals surface area (Å²) in [5.41, 5.74) is 1.51. The third kappa shape index (κ3) is 4.60. The predicted molar refractivity (Wildman–Crippen MR) is 115 cm³/mol. The number of urea groups is 1. The maximum Gasteiger partial charge on any atom is 0.341 e. The van der Waals surface area contributed by atoms with Gasteiger partial charge < -0.3 is 9.84 Å². The number of rotatable bonds is 5. The number of carbonyl (C=O) groups is 4. The molecule has 0 saturated carbocycles. The van der Waals surface area contributed by atoms with Crippen LogP contribution < -0.4 is 15.0 Å². The molecule has 0 bridgehead atoms. The second-order valence-electron chi connectivity index (χ2n) is 6.29. The first-order chi connectivity index (χ1) is 14.2. The fraction of sp³-hybridized carbons (Fsp3) is 0.100. The van der Waals surface area contributed by atoms with Crippen LogP contribution in [-0.4, -0.2) is 35.5 Å². The Labute approximate surface area is 187 Å². The Hall–Kier alpha value is -2.98. The fourth-order valence-corrected chi connectivity index (χ4v) is 4.14. The molecule has 8 nitrogen and oxygen atoms in total. The van der Waals surface area contributed by atoms with E-state index in [1.54, 1.807) is 36.4 Å². The van der Waals surface area contributed by atoms with Gasteiger partial charge in [-0.05, 0) is 74.7 Å². The highest BCUT2D eigenvalue weighted by atomic mass is 79.9. The van der Waals surface area contributed by atoms with Crippen molar-refractivity contribution >= 4 is 67.4 Å². The van der Waals surface area contributed by atoms with Crippen LogP contribution in [0.3, 0.4) is 0 Å². The van der Waals surface area contributed by atoms with Crippen LogP contribution in [0.25, 0.3) is 6.08 Å². The second-order valence-corrected chi connectivity index (χ2v) is 8.00. The van der Waals surface area contributed by atoms with Crippen LogP contribution in [0.4, 0.5) is 10.5 Å². The van der Waals surface area contributed by atoms with Crippen LogP contribution in [-0.2, 0) is 14.4 Å². The molecular formula is C20H14Br2N2O6. The van der Waals surface area contributed by atoms with E-state index in [-0.39, 0.29) is 11.3 Å². The Morgan fingerprint density at radius 1 is 1.13 bits per heavy atom. The van der Waals surface area contributed by atoms with Crippen molar-refractivity contribution in [1.82, 2.24) is 5.32 Å². The molecule has 4 amide bonds. The number of amides is 4. The van der Waals surface area contributed by atoms with Crippen LogP contribution in [0, 0.1) is 6.92 Å².